The van der Waals surface area contributed by atoms with Crippen molar-refractivity contribution in [3.05, 3.63) is 35.1 Å². The number of carbonyl (C=O) groups is 1. The molecule has 0 saturated carbocycles. The highest BCUT2D eigenvalue weighted by Crippen LogP contribution is 2.30. The van der Waals surface area contributed by atoms with Crippen LogP contribution in [-0.2, 0) is 9.84 Å². The molecule has 0 aromatic heterocycles. The van der Waals surface area contributed by atoms with Crippen LogP contribution in [0.15, 0.2) is 18.2 Å². The number of amides is 2. The minimum Gasteiger partial charge on any atom is -0.337 e. The van der Waals surface area contributed by atoms with Gasteiger partial charge in [0.2, 0.25) is 0 Å². The summed E-state index contributed by atoms with van der Waals surface area (Å²) >= 11 is 0. The van der Waals surface area contributed by atoms with Gasteiger partial charge in [-0.25, -0.2) is 17.6 Å². The lowest BCUT2D eigenvalue weighted by Crippen LogP contribution is -2.47. The summed E-state index contributed by atoms with van der Waals surface area (Å²) in [4.78, 5) is 14.1. The van der Waals surface area contributed by atoms with E-state index in [4.69, 9.17) is 0 Å². The number of halogens is 1. The molecule has 2 saturated heterocycles. The quantitative estimate of drug-likeness (QED) is 0.874. The molecule has 144 valence electrons. The van der Waals surface area contributed by atoms with Gasteiger partial charge in [0.25, 0.3) is 0 Å². The average molecular weight is 383 g/mol. The minimum absolute atomic E-state index is 0.181. The van der Waals surface area contributed by atoms with Gasteiger partial charge in [0.05, 0.1) is 11.0 Å². The van der Waals surface area contributed by atoms with E-state index in [9.17, 15) is 17.6 Å². The molecule has 1 N–H and O–H groups in total. The van der Waals surface area contributed by atoms with E-state index in [-0.39, 0.29) is 24.1 Å². The van der Waals surface area contributed by atoms with Gasteiger partial charge >= 0.3 is 6.03 Å². The van der Waals surface area contributed by atoms with Crippen molar-refractivity contribution in [3.63, 3.8) is 0 Å². The van der Waals surface area contributed by atoms with Gasteiger partial charge in [-0.2, -0.15) is 0 Å². The number of piperidine rings is 1. The summed E-state index contributed by atoms with van der Waals surface area (Å²) in [6.45, 7) is 3.38. The van der Waals surface area contributed by atoms with Gasteiger partial charge < -0.3 is 10.2 Å². The van der Waals surface area contributed by atoms with Crippen LogP contribution in [0.3, 0.4) is 0 Å². The van der Waals surface area contributed by atoms with Crippen molar-refractivity contribution in [3.8, 4) is 0 Å². The first kappa shape index (κ1) is 19.1. The molecule has 1 aromatic carbocycles. The van der Waals surface area contributed by atoms with Crippen molar-refractivity contribution >= 4 is 15.9 Å². The first-order valence-electron chi connectivity index (χ1n) is 9.37. The normalized spacial score (nSPS) is 23.6. The Balaban J connectivity index is 1.50. The van der Waals surface area contributed by atoms with Crippen LogP contribution in [-0.4, -0.2) is 50.0 Å². The Morgan fingerprint density at radius 1 is 1.23 bits per heavy atom. The van der Waals surface area contributed by atoms with Crippen LogP contribution in [0.5, 0.6) is 0 Å². The maximum atomic E-state index is 13.3. The molecule has 1 atom stereocenters. The zero-order valence-electron chi connectivity index (χ0n) is 15.2. The summed E-state index contributed by atoms with van der Waals surface area (Å²) in [5.41, 5.74) is 2.11. The zero-order chi connectivity index (χ0) is 18.7. The summed E-state index contributed by atoms with van der Waals surface area (Å²) in [6.07, 6.45) is 3.93. The molecule has 2 aliphatic rings. The lowest BCUT2D eigenvalue weighted by molar-refractivity contribution is 0.181. The number of sulfone groups is 1. The largest absolute Gasteiger partial charge is 0.337 e. The highest BCUT2D eigenvalue weighted by Gasteiger charge is 2.30. The summed E-state index contributed by atoms with van der Waals surface area (Å²) < 4.78 is 37.3. The zero-order valence-corrected chi connectivity index (χ0v) is 16.0. The van der Waals surface area contributed by atoms with E-state index in [2.05, 4.69) is 5.32 Å². The van der Waals surface area contributed by atoms with Gasteiger partial charge in [0.15, 0.2) is 9.84 Å². The van der Waals surface area contributed by atoms with E-state index in [1.807, 2.05) is 13.0 Å². The molecule has 1 unspecified atom stereocenters. The van der Waals surface area contributed by atoms with Gasteiger partial charge in [-0.15, -0.1) is 0 Å². The second-order valence-electron chi connectivity index (χ2n) is 7.43. The molecule has 2 amide bonds. The molecular formula is C19H27FN2O3S. The number of rotatable bonds is 3. The smallest absolute Gasteiger partial charge is 0.317 e. The van der Waals surface area contributed by atoms with Crippen LogP contribution in [0.4, 0.5) is 9.18 Å². The Kier molecular flexibility index (Phi) is 5.85. The highest BCUT2D eigenvalue weighted by molar-refractivity contribution is 7.92. The molecule has 7 heteroatoms. The molecule has 0 radical (unpaired) electrons. The summed E-state index contributed by atoms with van der Waals surface area (Å²) in [5, 5.41) is 2.36. The number of hydrogen-bond acceptors (Lipinski definition) is 3. The van der Waals surface area contributed by atoms with Crippen LogP contribution in [0.1, 0.15) is 49.1 Å². The van der Waals surface area contributed by atoms with Gasteiger partial charge in [-0.05, 0) is 61.8 Å². The topological polar surface area (TPSA) is 66.5 Å². The predicted octanol–water partition coefficient (Wildman–Crippen LogP) is 2.99. The van der Waals surface area contributed by atoms with E-state index >= 15 is 0 Å². The molecule has 26 heavy (non-hydrogen) atoms. The van der Waals surface area contributed by atoms with Gasteiger partial charge in [0.1, 0.15) is 5.82 Å². The average Bonchev–Trinajstić information content (AvgIpc) is 2.60. The van der Waals surface area contributed by atoms with E-state index in [1.165, 1.54) is 6.07 Å². The number of aryl methyl sites for hydroxylation is 1. The molecule has 2 heterocycles. The van der Waals surface area contributed by atoms with Crippen LogP contribution < -0.4 is 5.32 Å². The van der Waals surface area contributed by atoms with Crippen molar-refractivity contribution in [1.82, 2.24) is 10.2 Å². The number of urea groups is 1. The summed E-state index contributed by atoms with van der Waals surface area (Å²) in [6, 6.07) is 4.71. The highest BCUT2D eigenvalue weighted by atomic mass is 32.2. The van der Waals surface area contributed by atoms with Crippen LogP contribution >= 0.6 is 0 Å². The minimum atomic E-state index is -3.07. The molecule has 3 rings (SSSR count). The third-order valence-corrected chi connectivity index (χ3v) is 7.92. The van der Waals surface area contributed by atoms with Crippen LogP contribution in [0.2, 0.25) is 0 Å². The summed E-state index contributed by atoms with van der Waals surface area (Å²) in [5.74, 6) is 0.342. The van der Waals surface area contributed by atoms with E-state index < -0.39 is 15.1 Å². The molecule has 0 aliphatic carbocycles. The van der Waals surface area contributed by atoms with Crippen molar-refractivity contribution in [2.75, 3.05) is 25.4 Å². The maximum absolute atomic E-state index is 13.3. The van der Waals surface area contributed by atoms with Gasteiger partial charge in [0, 0.05) is 19.6 Å². The Bertz CT molecular complexity index is 758. The van der Waals surface area contributed by atoms with E-state index in [0.717, 1.165) is 36.8 Å². The lowest BCUT2D eigenvalue weighted by Gasteiger charge is -2.33. The maximum Gasteiger partial charge on any atom is 0.317 e. The number of hydrogen-bond donors (Lipinski definition) is 1. The Labute approximate surface area is 154 Å². The van der Waals surface area contributed by atoms with Crippen molar-refractivity contribution in [1.29, 1.82) is 0 Å². The number of carbonyl (C=O) groups excluding carboxylic acids is 1. The third kappa shape index (κ3) is 4.37. The SMILES string of the molecule is Cc1cc(F)ccc1C1CCN(C(=O)NCC2CCCCS2(=O)=O)CC1. The fraction of sp³-hybridized carbons (Fsp3) is 0.632. The molecule has 1 aromatic rings. The van der Waals surface area contributed by atoms with Crippen molar-refractivity contribution in [2.45, 2.75) is 50.2 Å². The Morgan fingerprint density at radius 3 is 2.62 bits per heavy atom. The second-order valence-corrected chi connectivity index (χ2v) is 9.83. The molecule has 0 bridgehead atoms. The van der Waals surface area contributed by atoms with Gasteiger partial charge in [-0.3, -0.25) is 0 Å². The van der Waals surface area contributed by atoms with Gasteiger partial charge in [-0.1, -0.05) is 12.5 Å². The number of nitrogens with one attached hydrogen (secondary N) is 1. The second kappa shape index (κ2) is 7.94. The lowest BCUT2D eigenvalue weighted by atomic mass is 9.87. The first-order chi connectivity index (χ1) is 12.4. The van der Waals surface area contributed by atoms with Crippen molar-refractivity contribution < 1.29 is 17.6 Å². The summed E-state index contributed by atoms with van der Waals surface area (Å²) in [7, 11) is -3.07. The molecule has 5 nitrogen and oxygen atoms in total. The van der Waals surface area contributed by atoms with E-state index in [0.29, 0.717) is 25.4 Å². The Morgan fingerprint density at radius 2 is 1.96 bits per heavy atom. The number of likely N-dealkylation sites (tertiary alicyclic amines) is 1. The molecular weight excluding hydrogens is 355 g/mol. The number of benzene rings is 1. The van der Waals surface area contributed by atoms with Crippen molar-refractivity contribution in [2.24, 2.45) is 0 Å². The first-order valence-corrected chi connectivity index (χ1v) is 11.1. The third-order valence-electron chi connectivity index (χ3n) is 5.65. The standard InChI is InChI=1S/C19H27FN2O3S/c1-14-12-16(20)5-6-18(14)15-7-9-22(10-8-15)19(23)21-13-17-4-2-3-11-26(17,24)25/h5-6,12,15,17H,2-4,7-11,13H2,1H3,(H,21,23). The number of nitrogens with zero attached hydrogens (tertiary/aromatic N) is 1. The molecule has 2 aliphatic heterocycles. The predicted molar refractivity (Wildman–Crippen MR) is 99.5 cm³/mol. The monoisotopic (exact) mass is 382 g/mol. The van der Waals surface area contributed by atoms with Crippen LogP contribution in [0.25, 0.3) is 0 Å². The van der Waals surface area contributed by atoms with E-state index in [1.54, 1.807) is 11.0 Å². The Hall–Kier alpha value is -1.63. The molecule has 0 spiro atoms. The fourth-order valence-corrected chi connectivity index (χ4v) is 5.86. The fourth-order valence-electron chi connectivity index (χ4n) is 4.05. The molecule has 2 fully saturated rings. The van der Waals surface area contributed by atoms with Crippen LogP contribution in [0, 0.1) is 12.7 Å².